The van der Waals surface area contributed by atoms with Gasteiger partial charge in [0.15, 0.2) is 0 Å². The fraction of sp³-hybridized carbons (Fsp3) is 0.690. The lowest BCUT2D eigenvalue weighted by atomic mass is 9.45. The highest BCUT2D eigenvalue weighted by atomic mass is 16.8. The first kappa shape index (κ1) is 29.1. The van der Waals surface area contributed by atoms with E-state index in [2.05, 4.69) is 26.5 Å². The second-order valence-electron chi connectivity index (χ2n) is 10.9. The number of methoxy groups -OCH3 is 1. The zero-order valence-corrected chi connectivity index (χ0v) is 23.2. The van der Waals surface area contributed by atoms with Crippen LogP contribution in [0.25, 0.3) is 0 Å². The van der Waals surface area contributed by atoms with Crippen LogP contribution < -0.4 is 0 Å². The largest absolute Gasteiger partial charge is 0.462 e. The minimum Gasteiger partial charge on any atom is -0.462 e. The quantitative estimate of drug-likeness (QED) is 0.182. The van der Waals surface area contributed by atoms with Gasteiger partial charge >= 0.3 is 17.9 Å². The van der Waals surface area contributed by atoms with E-state index in [1.165, 1.54) is 13.8 Å². The van der Waals surface area contributed by atoms with Crippen molar-refractivity contribution < 1.29 is 38.1 Å². The first-order valence-electron chi connectivity index (χ1n) is 13.2. The molecule has 1 saturated heterocycles. The lowest BCUT2D eigenvalue weighted by Crippen LogP contribution is -2.61. The predicted octanol–water partition coefficient (Wildman–Crippen LogP) is 5.02. The zero-order chi connectivity index (χ0) is 27.5. The Morgan fingerprint density at radius 2 is 1.84 bits per heavy atom. The van der Waals surface area contributed by atoms with E-state index >= 15 is 0 Å². The molecule has 1 heterocycles. The molecule has 0 bridgehead atoms. The Kier molecular flexibility index (Phi) is 9.06. The van der Waals surface area contributed by atoms with Crippen molar-refractivity contribution in [3.05, 3.63) is 36.0 Å². The van der Waals surface area contributed by atoms with Crippen molar-refractivity contribution in [3.8, 4) is 0 Å². The number of esters is 3. The Balaban J connectivity index is 2.23. The van der Waals surface area contributed by atoms with Crippen LogP contribution in [0.2, 0.25) is 0 Å². The van der Waals surface area contributed by atoms with Crippen LogP contribution in [-0.4, -0.2) is 49.8 Å². The lowest BCUT2D eigenvalue weighted by molar-refractivity contribution is -0.246. The molecule has 0 aromatic carbocycles. The number of ether oxygens (including phenoxy) is 5. The van der Waals surface area contributed by atoms with Crippen molar-refractivity contribution in [2.24, 2.45) is 22.7 Å². The summed E-state index contributed by atoms with van der Waals surface area (Å²) >= 11 is 0. The van der Waals surface area contributed by atoms with Gasteiger partial charge in [-0.25, -0.2) is 0 Å². The standard InChI is InChI=1S/C29H42O8/c1-9-11-25(32)36-23-16-29-22(26(34-19(5)30)37-27(29)35-20(6)31)14-21(33-8)15-24(29)28(7,18(23)4)13-12-17(3)10-2/h10,12,14,18,21,23-24,26-27H,2,9,11,13,15-16H2,1,3-8H3. The molecule has 0 radical (unpaired) electrons. The summed E-state index contributed by atoms with van der Waals surface area (Å²) in [6, 6.07) is 0. The third-order valence-corrected chi connectivity index (χ3v) is 8.62. The predicted molar refractivity (Wildman–Crippen MR) is 137 cm³/mol. The Morgan fingerprint density at radius 1 is 1.16 bits per heavy atom. The average molecular weight is 519 g/mol. The molecule has 8 nitrogen and oxygen atoms in total. The van der Waals surface area contributed by atoms with E-state index in [4.69, 9.17) is 23.7 Å². The summed E-state index contributed by atoms with van der Waals surface area (Å²) in [6.45, 7) is 14.8. The Morgan fingerprint density at radius 3 is 2.41 bits per heavy atom. The molecule has 2 fully saturated rings. The van der Waals surface area contributed by atoms with E-state index in [-0.39, 0.29) is 23.9 Å². The van der Waals surface area contributed by atoms with Crippen LogP contribution in [0.3, 0.4) is 0 Å². The molecule has 3 aliphatic rings. The van der Waals surface area contributed by atoms with E-state index in [0.29, 0.717) is 37.7 Å². The highest BCUT2D eigenvalue weighted by molar-refractivity contribution is 5.69. The molecule has 206 valence electrons. The normalized spacial score (nSPS) is 37.1. The topological polar surface area (TPSA) is 97.4 Å². The molecule has 37 heavy (non-hydrogen) atoms. The van der Waals surface area contributed by atoms with Crippen molar-refractivity contribution >= 4 is 17.9 Å². The van der Waals surface area contributed by atoms with Gasteiger partial charge in [-0.05, 0) is 49.5 Å². The van der Waals surface area contributed by atoms with Crippen molar-refractivity contribution in [2.75, 3.05) is 7.11 Å². The fourth-order valence-corrected chi connectivity index (χ4v) is 6.50. The van der Waals surface area contributed by atoms with E-state index in [1.54, 1.807) is 7.11 Å². The molecule has 8 heteroatoms. The van der Waals surface area contributed by atoms with Crippen LogP contribution in [0.1, 0.15) is 73.6 Å². The van der Waals surface area contributed by atoms with Gasteiger partial charge in [-0.3, -0.25) is 19.1 Å². The number of hydrogen-bond acceptors (Lipinski definition) is 8. The SMILES string of the molecule is C=CC(C)=CCC1(C)C(C)C(OC(=O)CCC)CC23C(=CC(OC)CC12)C(OC(C)=O)OC3OC(C)=O. The maximum absolute atomic E-state index is 12.7. The molecule has 0 aromatic rings. The van der Waals surface area contributed by atoms with Crippen molar-refractivity contribution in [2.45, 2.75) is 98.4 Å². The summed E-state index contributed by atoms with van der Waals surface area (Å²) in [6.07, 6.45) is 5.84. The Hall–Kier alpha value is -2.45. The van der Waals surface area contributed by atoms with Crippen LogP contribution in [0.15, 0.2) is 36.0 Å². The fourth-order valence-electron chi connectivity index (χ4n) is 6.50. The minimum absolute atomic E-state index is 0.0274. The van der Waals surface area contributed by atoms with E-state index in [9.17, 15) is 14.4 Å². The summed E-state index contributed by atoms with van der Waals surface area (Å²) in [5.41, 5.74) is 0.466. The van der Waals surface area contributed by atoms with Gasteiger partial charge in [-0.2, -0.15) is 0 Å². The summed E-state index contributed by atoms with van der Waals surface area (Å²) in [4.78, 5) is 37.0. The Labute approximate surface area is 220 Å². The number of rotatable bonds is 9. The average Bonchev–Trinajstić information content (AvgIpc) is 3.11. The van der Waals surface area contributed by atoms with E-state index in [0.717, 1.165) is 5.57 Å². The van der Waals surface area contributed by atoms with E-state index < -0.39 is 41.5 Å². The third-order valence-electron chi connectivity index (χ3n) is 8.62. The third kappa shape index (κ3) is 5.55. The molecule has 8 unspecified atom stereocenters. The Bertz CT molecular complexity index is 967. The molecule has 0 amide bonds. The van der Waals surface area contributed by atoms with Gasteiger partial charge < -0.3 is 18.9 Å². The number of allylic oxidation sites excluding steroid dienone is 3. The molecule has 0 N–H and O–H groups in total. The maximum atomic E-state index is 12.7. The smallest absolute Gasteiger partial charge is 0.306 e. The molecular weight excluding hydrogens is 476 g/mol. The van der Waals surface area contributed by atoms with Crippen molar-refractivity contribution in [1.82, 2.24) is 0 Å². The second-order valence-corrected chi connectivity index (χ2v) is 10.9. The molecule has 0 aromatic heterocycles. The van der Waals surface area contributed by atoms with Crippen LogP contribution in [0.4, 0.5) is 0 Å². The lowest BCUT2D eigenvalue weighted by Gasteiger charge is -2.60. The van der Waals surface area contributed by atoms with Crippen LogP contribution in [0.5, 0.6) is 0 Å². The first-order valence-corrected chi connectivity index (χ1v) is 13.2. The highest BCUT2D eigenvalue weighted by Crippen LogP contribution is 2.67. The van der Waals surface area contributed by atoms with Crippen LogP contribution >= 0.6 is 0 Å². The summed E-state index contributed by atoms with van der Waals surface area (Å²) < 4.78 is 29.5. The second kappa shape index (κ2) is 11.5. The molecule has 1 spiro atoms. The van der Waals surface area contributed by atoms with Gasteiger partial charge in [0.25, 0.3) is 0 Å². The van der Waals surface area contributed by atoms with Gasteiger partial charge in [0.2, 0.25) is 12.6 Å². The highest BCUT2D eigenvalue weighted by Gasteiger charge is 2.70. The summed E-state index contributed by atoms with van der Waals surface area (Å²) in [5, 5.41) is 0. The number of carbonyl (C=O) groups excluding carboxylic acids is 3. The van der Waals surface area contributed by atoms with Gasteiger partial charge in [-0.15, -0.1) is 0 Å². The zero-order valence-electron chi connectivity index (χ0n) is 23.2. The molecule has 3 rings (SSSR count). The molecule has 2 aliphatic carbocycles. The minimum atomic E-state index is -1.03. The summed E-state index contributed by atoms with van der Waals surface area (Å²) in [7, 11) is 1.65. The van der Waals surface area contributed by atoms with Crippen molar-refractivity contribution in [3.63, 3.8) is 0 Å². The van der Waals surface area contributed by atoms with Crippen molar-refractivity contribution in [1.29, 1.82) is 0 Å². The van der Waals surface area contributed by atoms with Gasteiger partial charge in [0.05, 0.1) is 11.5 Å². The van der Waals surface area contributed by atoms with Crippen LogP contribution in [0, 0.1) is 22.7 Å². The van der Waals surface area contributed by atoms with Crippen LogP contribution in [-0.2, 0) is 38.1 Å². The molecular formula is C29H42O8. The van der Waals surface area contributed by atoms with Gasteiger partial charge in [0, 0.05) is 39.4 Å². The monoisotopic (exact) mass is 518 g/mol. The molecule has 1 saturated carbocycles. The van der Waals surface area contributed by atoms with Gasteiger partial charge in [-0.1, -0.05) is 45.1 Å². The molecule has 8 atom stereocenters. The number of carbonyl (C=O) groups is 3. The molecule has 1 aliphatic heterocycles. The maximum Gasteiger partial charge on any atom is 0.306 e. The first-order chi connectivity index (χ1) is 17.4. The summed E-state index contributed by atoms with van der Waals surface area (Å²) in [5.74, 6) is -1.40. The van der Waals surface area contributed by atoms with E-state index in [1.807, 2.05) is 26.0 Å². The van der Waals surface area contributed by atoms with Gasteiger partial charge in [0.1, 0.15) is 6.10 Å². The number of hydrogen-bond donors (Lipinski definition) is 0.